The molecule has 0 saturated carbocycles. The Morgan fingerprint density at radius 3 is 2.64 bits per heavy atom. The largest absolute Gasteiger partial charge is 0.446 e. The number of nitrogens with zero attached hydrogens (tertiary/aromatic N) is 5. The number of thiophene rings is 1. The van der Waals surface area contributed by atoms with Gasteiger partial charge in [-0.3, -0.25) is 0 Å². The van der Waals surface area contributed by atoms with Crippen LogP contribution in [0.3, 0.4) is 0 Å². The monoisotopic (exact) mass is 598 g/mol. The molecule has 2 aromatic carbocycles. The molecule has 216 valence electrons. The number of benzene rings is 2. The van der Waals surface area contributed by atoms with Gasteiger partial charge in [0.05, 0.1) is 29.5 Å². The maximum atomic E-state index is 13.0. The van der Waals surface area contributed by atoms with Gasteiger partial charge in [-0.05, 0) is 55.1 Å². The zero-order valence-electron chi connectivity index (χ0n) is 24.4. The summed E-state index contributed by atoms with van der Waals surface area (Å²) in [7, 11) is -1.21. The molecule has 11 heteroatoms. The Hall–Kier alpha value is -4.06. The molecular formula is C31H34N6O3SSi. The van der Waals surface area contributed by atoms with E-state index in [1.54, 1.807) is 23.7 Å². The molecule has 0 aliphatic heterocycles. The van der Waals surface area contributed by atoms with E-state index in [2.05, 4.69) is 72.1 Å². The lowest BCUT2D eigenvalue weighted by molar-refractivity contribution is 0.0817. The van der Waals surface area contributed by atoms with Crippen LogP contribution in [0.25, 0.3) is 53.6 Å². The fraction of sp³-hybridized carbons (Fsp3) is 0.290. The van der Waals surface area contributed by atoms with Crippen LogP contribution >= 0.6 is 11.3 Å². The van der Waals surface area contributed by atoms with Gasteiger partial charge in [-0.1, -0.05) is 37.8 Å². The summed E-state index contributed by atoms with van der Waals surface area (Å²) in [6.07, 6.45) is 4.41. The minimum atomic E-state index is -1.21. The van der Waals surface area contributed by atoms with E-state index in [0.717, 1.165) is 38.5 Å². The molecule has 0 fully saturated rings. The lowest BCUT2D eigenvalue weighted by Gasteiger charge is -2.16. The van der Waals surface area contributed by atoms with Crippen LogP contribution in [0.2, 0.25) is 25.7 Å². The van der Waals surface area contributed by atoms with Crippen LogP contribution in [-0.4, -0.2) is 51.2 Å². The topological polar surface area (TPSA) is 110 Å². The average molecular weight is 599 g/mol. The molecule has 0 unspecified atom stereocenters. The van der Waals surface area contributed by atoms with Crippen molar-refractivity contribution in [3.63, 3.8) is 0 Å². The number of ether oxygens (including phenoxy) is 2. The van der Waals surface area contributed by atoms with Crippen molar-refractivity contribution in [3.05, 3.63) is 61.1 Å². The second-order valence-electron chi connectivity index (χ2n) is 11.9. The van der Waals surface area contributed by atoms with Crippen molar-refractivity contribution in [2.75, 3.05) is 12.3 Å². The second kappa shape index (κ2) is 11.0. The van der Waals surface area contributed by atoms with Gasteiger partial charge in [0.15, 0.2) is 0 Å². The SMILES string of the molecule is CC(C)OC(=O)n1cc(-c2cc(-c3cc4ccccc4s3)c3c(cnn3COCC[Si](C)(C)C)c2)c2nc(N)ncc21. The molecule has 2 N–H and O–H groups in total. The van der Waals surface area contributed by atoms with Gasteiger partial charge in [-0.2, -0.15) is 5.10 Å². The first-order valence-electron chi connectivity index (χ1n) is 14.0. The molecule has 0 radical (unpaired) electrons. The molecule has 0 spiro atoms. The van der Waals surface area contributed by atoms with E-state index in [0.29, 0.717) is 24.4 Å². The van der Waals surface area contributed by atoms with Crippen LogP contribution < -0.4 is 5.73 Å². The summed E-state index contributed by atoms with van der Waals surface area (Å²) in [4.78, 5) is 22.8. The van der Waals surface area contributed by atoms with Crippen molar-refractivity contribution < 1.29 is 14.3 Å². The predicted octanol–water partition coefficient (Wildman–Crippen LogP) is 7.62. The lowest BCUT2D eigenvalue weighted by Crippen LogP contribution is -2.22. The van der Waals surface area contributed by atoms with Gasteiger partial charge in [-0.25, -0.2) is 24.0 Å². The molecule has 9 nitrogen and oxygen atoms in total. The number of nitrogens with two attached hydrogens (primary N) is 1. The Morgan fingerprint density at radius 2 is 1.88 bits per heavy atom. The third-order valence-electron chi connectivity index (χ3n) is 7.04. The number of fused-ring (bicyclic) bond motifs is 3. The van der Waals surface area contributed by atoms with E-state index in [1.807, 2.05) is 24.7 Å². The molecule has 0 amide bonds. The lowest BCUT2D eigenvalue weighted by atomic mass is 10.0. The number of anilines is 1. The summed E-state index contributed by atoms with van der Waals surface area (Å²) in [5.41, 5.74) is 10.8. The molecule has 0 bridgehead atoms. The van der Waals surface area contributed by atoms with Crippen molar-refractivity contribution in [1.82, 2.24) is 24.3 Å². The van der Waals surface area contributed by atoms with Crippen molar-refractivity contribution in [2.24, 2.45) is 0 Å². The maximum Gasteiger partial charge on any atom is 0.418 e. The highest BCUT2D eigenvalue weighted by molar-refractivity contribution is 7.22. The molecule has 0 aliphatic rings. The number of hydrogen-bond acceptors (Lipinski definition) is 8. The molecule has 4 aromatic heterocycles. The van der Waals surface area contributed by atoms with E-state index in [-0.39, 0.29) is 12.1 Å². The summed E-state index contributed by atoms with van der Waals surface area (Å²) in [5, 5.41) is 6.87. The van der Waals surface area contributed by atoms with Gasteiger partial charge in [0, 0.05) is 47.0 Å². The van der Waals surface area contributed by atoms with Gasteiger partial charge in [-0.15, -0.1) is 11.3 Å². The normalized spacial score (nSPS) is 12.2. The molecule has 0 atom stereocenters. The minimum Gasteiger partial charge on any atom is -0.446 e. The zero-order chi connectivity index (χ0) is 29.6. The van der Waals surface area contributed by atoms with Crippen LogP contribution in [0.5, 0.6) is 0 Å². The highest BCUT2D eigenvalue weighted by atomic mass is 32.1. The van der Waals surface area contributed by atoms with E-state index >= 15 is 0 Å². The van der Waals surface area contributed by atoms with Crippen molar-refractivity contribution >= 4 is 63.5 Å². The van der Waals surface area contributed by atoms with Crippen LogP contribution in [0.15, 0.2) is 61.1 Å². The summed E-state index contributed by atoms with van der Waals surface area (Å²) in [6, 6.07) is 15.9. The fourth-order valence-electron chi connectivity index (χ4n) is 4.96. The number of rotatable bonds is 8. The van der Waals surface area contributed by atoms with E-state index in [9.17, 15) is 4.79 Å². The first kappa shape index (κ1) is 28.1. The van der Waals surface area contributed by atoms with E-state index < -0.39 is 14.2 Å². The molecule has 6 aromatic rings. The average Bonchev–Trinajstić information content (AvgIpc) is 3.64. The molecule has 4 heterocycles. The van der Waals surface area contributed by atoms with Gasteiger partial charge >= 0.3 is 6.09 Å². The third kappa shape index (κ3) is 5.55. The number of carbonyl (C=O) groups excluding carboxylic acids is 1. The highest BCUT2D eigenvalue weighted by Gasteiger charge is 2.22. The van der Waals surface area contributed by atoms with Gasteiger partial charge < -0.3 is 15.2 Å². The van der Waals surface area contributed by atoms with Crippen LogP contribution in [0.4, 0.5) is 10.7 Å². The fourth-order valence-corrected chi connectivity index (χ4v) is 6.80. The molecule has 6 rings (SSSR count). The van der Waals surface area contributed by atoms with Gasteiger partial charge in [0.1, 0.15) is 12.2 Å². The van der Waals surface area contributed by atoms with E-state index in [1.165, 1.54) is 14.7 Å². The highest BCUT2D eigenvalue weighted by Crippen LogP contribution is 2.41. The van der Waals surface area contributed by atoms with Crippen molar-refractivity contribution in [2.45, 2.75) is 52.4 Å². The number of nitrogen functional groups attached to an aromatic ring is 1. The number of carbonyl (C=O) groups is 1. The Labute approximate surface area is 248 Å². The standard InChI is InChI=1S/C31H34N6O3SSi/c1-19(2)40-31(38)36-17-24(28-25(36)16-33-30(32)35-28)21-12-22-15-34-37(18-39-10-11-42(3,4)5)29(22)23(13-21)27-14-20-8-6-7-9-26(20)41-27/h6-9,12-17,19H,10-11,18H2,1-5H3,(H2,32,33,35). The van der Waals surface area contributed by atoms with Crippen LogP contribution in [0, 0.1) is 0 Å². The maximum absolute atomic E-state index is 13.0. The first-order chi connectivity index (χ1) is 20.1. The molecule has 0 aliphatic carbocycles. The smallest absolute Gasteiger partial charge is 0.418 e. The van der Waals surface area contributed by atoms with Gasteiger partial charge in [0.25, 0.3) is 0 Å². The second-order valence-corrected chi connectivity index (χ2v) is 18.6. The number of hydrogen-bond donors (Lipinski definition) is 1. The minimum absolute atomic E-state index is 0.132. The van der Waals surface area contributed by atoms with Crippen molar-refractivity contribution in [3.8, 4) is 21.6 Å². The quantitative estimate of drug-likeness (QED) is 0.142. The van der Waals surface area contributed by atoms with Crippen molar-refractivity contribution in [1.29, 1.82) is 0 Å². The Bertz CT molecular complexity index is 1900. The summed E-state index contributed by atoms with van der Waals surface area (Å²) in [5.74, 6) is 0.132. The Balaban J connectivity index is 1.51. The third-order valence-corrected chi connectivity index (χ3v) is 9.89. The first-order valence-corrected chi connectivity index (χ1v) is 18.5. The van der Waals surface area contributed by atoms with Gasteiger partial charge in [0.2, 0.25) is 5.95 Å². The molecule has 42 heavy (non-hydrogen) atoms. The zero-order valence-corrected chi connectivity index (χ0v) is 26.2. The van der Waals surface area contributed by atoms with Crippen LogP contribution in [-0.2, 0) is 16.2 Å². The van der Waals surface area contributed by atoms with E-state index in [4.69, 9.17) is 20.3 Å². The predicted molar refractivity (Wildman–Crippen MR) is 173 cm³/mol. The molecular weight excluding hydrogens is 565 g/mol. The number of aromatic nitrogens is 5. The van der Waals surface area contributed by atoms with Crippen LogP contribution in [0.1, 0.15) is 13.8 Å². The summed E-state index contributed by atoms with van der Waals surface area (Å²) >= 11 is 1.73. The Morgan fingerprint density at radius 1 is 1.07 bits per heavy atom. The summed E-state index contributed by atoms with van der Waals surface area (Å²) < 4.78 is 16.2. The molecule has 0 saturated heterocycles. The Kier molecular flexibility index (Phi) is 7.33. The summed E-state index contributed by atoms with van der Waals surface area (Å²) in [6.45, 7) is 11.7.